The number of rotatable bonds is 3. The number of hydrogen-bond acceptors (Lipinski definition) is 5. The fraction of sp³-hybridized carbons (Fsp3) is 0.364. The van der Waals surface area contributed by atoms with Crippen LogP contribution in [-0.2, 0) is 20.2 Å². The average molecular weight is 271 g/mol. The topological polar surface area (TPSA) is 83.8 Å². The molecule has 0 bridgehead atoms. The quantitative estimate of drug-likeness (QED) is 0.662. The standard InChI is InChI=1S/C11H10FNO4S/c1-18(16,17)10-5-9(15)7(4-8(10)12)11(2-3-11)13-6-14/h4-5,15H,2-3H2,1H3. The van der Waals surface area contributed by atoms with Crippen molar-refractivity contribution in [1.29, 1.82) is 0 Å². The van der Waals surface area contributed by atoms with Gasteiger partial charge in [-0.2, -0.15) is 4.99 Å². The molecular formula is C11H10FNO4S. The van der Waals surface area contributed by atoms with Crippen LogP contribution in [0.2, 0.25) is 0 Å². The molecule has 1 saturated carbocycles. The minimum Gasteiger partial charge on any atom is -0.508 e. The number of phenols is 1. The number of benzene rings is 1. The van der Waals surface area contributed by atoms with Crippen LogP contribution in [0.15, 0.2) is 22.0 Å². The molecule has 5 nitrogen and oxygen atoms in total. The Balaban J connectivity index is 2.61. The number of isocyanates is 1. The molecule has 0 unspecified atom stereocenters. The van der Waals surface area contributed by atoms with Crippen molar-refractivity contribution in [1.82, 2.24) is 0 Å². The largest absolute Gasteiger partial charge is 0.508 e. The molecule has 7 heteroatoms. The predicted octanol–water partition coefficient (Wildman–Crippen LogP) is 1.26. The van der Waals surface area contributed by atoms with Crippen LogP contribution in [0.3, 0.4) is 0 Å². The zero-order valence-electron chi connectivity index (χ0n) is 9.47. The third-order valence-corrected chi connectivity index (χ3v) is 4.05. The first-order chi connectivity index (χ1) is 8.30. The second kappa shape index (κ2) is 3.90. The summed E-state index contributed by atoms with van der Waals surface area (Å²) < 4.78 is 36.2. The molecule has 1 aromatic rings. The van der Waals surface area contributed by atoms with Gasteiger partial charge in [0.15, 0.2) is 9.84 Å². The zero-order valence-corrected chi connectivity index (χ0v) is 10.3. The van der Waals surface area contributed by atoms with Gasteiger partial charge >= 0.3 is 0 Å². The molecule has 0 saturated heterocycles. The van der Waals surface area contributed by atoms with Gasteiger partial charge in [-0.3, -0.25) is 0 Å². The maximum atomic E-state index is 13.7. The van der Waals surface area contributed by atoms with Gasteiger partial charge < -0.3 is 5.11 Å². The molecule has 0 radical (unpaired) electrons. The summed E-state index contributed by atoms with van der Waals surface area (Å²) in [5.41, 5.74) is -0.821. The van der Waals surface area contributed by atoms with Crippen molar-refractivity contribution in [3.63, 3.8) is 0 Å². The molecular weight excluding hydrogens is 261 g/mol. The van der Waals surface area contributed by atoms with E-state index < -0.39 is 26.1 Å². The van der Waals surface area contributed by atoms with E-state index in [1.165, 1.54) is 6.08 Å². The van der Waals surface area contributed by atoms with Gasteiger partial charge in [0.05, 0.1) is 0 Å². The molecule has 18 heavy (non-hydrogen) atoms. The fourth-order valence-corrected chi connectivity index (χ4v) is 2.59. The van der Waals surface area contributed by atoms with Crippen LogP contribution < -0.4 is 0 Å². The summed E-state index contributed by atoms with van der Waals surface area (Å²) >= 11 is 0. The lowest BCUT2D eigenvalue weighted by Gasteiger charge is -2.12. The highest BCUT2D eigenvalue weighted by Gasteiger charge is 2.47. The molecule has 96 valence electrons. The Morgan fingerprint density at radius 1 is 1.44 bits per heavy atom. The Morgan fingerprint density at radius 2 is 2.06 bits per heavy atom. The van der Waals surface area contributed by atoms with Gasteiger partial charge in [0, 0.05) is 17.9 Å². The monoisotopic (exact) mass is 271 g/mol. The molecule has 2 rings (SSSR count). The highest BCUT2D eigenvalue weighted by molar-refractivity contribution is 7.90. The molecule has 1 aromatic carbocycles. The Kier molecular flexibility index (Phi) is 2.76. The average Bonchev–Trinajstić information content (AvgIpc) is 3.01. The van der Waals surface area contributed by atoms with E-state index in [9.17, 15) is 22.7 Å². The summed E-state index contributed by atoms with van der Waals surface area (Å²) in [5, 5.41) is 9.76. The first-order valence-corrected chi connectivity index (χ1v) is 7.01. The predicted molar refractivity (Wildman–Crippen MR) is 60.2 cm³/mol. The van der Waals surface area contributed by atoms with Gasteiger partial charge in [-0.25, -0.2) is 17.6 Å². The summed E-state index contributed by atoms with van der Waals surface area (Å²) in [6.45, 7) is 0. The van der Waals surface area contributed by atoms with Crippen LogP contribution in [0.1, 0.15) is 18.4 Å². The maximum Gasteiger partial charge on any atom is 0.235 e. The summed E-state index contributed by atoms with van der Waals surface area (Å²) in [6, 6.07) is 1.76. The Hall–Kier alpha value is -1.72. The Labute approximate surface area is 103 Å². The van der Waals surface area contributed by atoms with E-state index in [2.05, 4.69) is 4.99 Å². The van der Waals surface area contributed by atoms with E-state index in [-0.39, 0.29) is 11.3 Å². The van der Waals surface area contributed by atoms with Crippen molar-refractivity contribution in [3.05, 3.63) is 23.5 Å². The van der Waals surface area contributed by atoms with Crippen LogP contribution in [0.4, 0.5) is 4.39 Å². The molecule has 0 spiro atoms. The van der Waals surface area contributed by atoms with Crippen molar-refractivity contribution in [3.8, 4) is 5.75 Å². The number of halogens is 1. The number of hydrogen-bond donors (Lipinski definition) is 1. The van der Waals surface area contributed by atoms with Gasteiger partial charge in [-0.05, 0) is 18.9 Å². The summed E-state index contributed by atoms with van der Waals surface area (Å²) in [6.07, 6.45) is 3.22. The van der Waals surface area contributed by atoms with E-state index in [1.807, 2.05) is 0 Å². The number of sulfone groups is 1. The molecule has 1 aliphatic rings. The van der Waals surface area contributed by atoms with E-state index in [0.29, 0.717) is 12.8 Å². The van der Waals surface area contributed by atoms with Gasteiger partial charge in [-0.15, -0.1) is 0 Å². The Morgan fingerprint density at radius 3 is 2.50 bits per heavy atom. The van der Waals surface area contributed by atoms with Crippen molar-refractivity contribution in [2.24, 2.45) is 4.99 Å². The molecule has 1 fully saturated rings. The number of aromatic hydroxyl groups is 1. The van der Waals surface area contributed by atoms with Gasteiger partial charge in [-0.1, -0.05) is 0 Å². The molecule has 0 aromatic heterocycles. The molecule has 0 atom stereocenters. The molecule has 0 amide bonds. The first-order valence-electron chi connectivity index (χ1n) is 5.12. The lowest BCUT2D eigenvalue weighted by atomic mass is 10.0. The second-order valence-electron chi connectivity index (χ2n) is 4.31. The smallest absolute Gasteiger partial charge is 0.235 e. The zero-order chi connectivity index (χ0) is 13.6. The second-order valence-corrected chi connectivity index (χ2v) is 6.29. The van der Waals surface area contributed by atoms with Gasteiger partial charge in [0.2, 0.25) is 6.08 Å². The van der Waals surface area contributed by atoms with Crippen LogP contribution in [0.5, 0.6) is 5.75 Å². The highest BCUT2D eigenvalue weighted by atomic mass is 32.2. The van der Waals surface area contributed by atoms with Crippen LogP contribution in [0.25, 0.3) is 0 Å². The summed E-state index contributed by atoms with van der Waals surface area (Å²) in [4.78, 5) is 13.3. The van der Waals surface area contributed by atoms with Crippen molar-refractivity contribution in [2.75, 3.05) is 6.26 Å². The first kappa shape index (κ1) is 12.7. The third kappa shape index (κ3) is 2.02. The highest BCUT2D eigenvalue weighted by Crippen LogP contribution is 2.52. The van der Waals surface area contributed by atoms with Gasteiger partial charge in [0.25, 0.3) is 0 Å². The van der Waals surface area contributed by atoms with Crippen molar-refractivity contribution < 1.29 is 22.7 Å². The molecule has 1 aliphatic carbocycles. The van der Waals surface area contributed by atoms with Crippen LogP contribution in [-0.4, -0.2) is 25.9 Å². The Bertz CT molecular complexity index is 658. The number of carbonyl (C=O) groups excluding carboxylic acids is 1. The fourth-order valence-electron chi connectivity index (χ4n) is 1.85. The summed E-state index contributed by atoms with van der Waals surface area (Å²) in [5.74, 6) is -1.34. The normalized spacial score (nSPS) is 17.0. The van der Waals surface area contributed by atoms with Gasteiger partial charge in [0.1, 0.15) is 22.0 Å². The number of aliphatic imine (C=N–C) groups is 1. The number of nitrogens with zero attached hydrogens (tertiary/aromatic N) is 1. The van der Waals surface area contributed by atoms with Crippen LogP contribution in [0, 0.1) is 5.82 Å². The molecule has 0 aliphatic heterocycles. The number of phenolic OH excluding ortho intramolecular Hbond substituents is 1. The van der Waals surface area contributed by atoms with Crippen molar-refractivity contribution >= 4 is 15.9 Å². The SMILES string of the molecule is CS(=O)(=O)c1cc(O)c(C2(N=C=O)CC2)cc1F. The minimum atomic E-state index is -3.75. The van der Waals surface area contributed by atoms with E-state index in [1.54, 1.807) is 0 Å². The van der Waals surface area contributed by atoms with E-state index >= 15 is 0 Å². The van der Waals surface area contributed by atoms with Crippen LogP contribution >= 0.6 is 0 Å². The lowest BCUT2D eigenvalue weighted by Crippen LogP contribution is -2.07. The third-order valence-electron chi connectivity index (χ3n) is 2.93. The van der Waals surface area contributed by atoms with E-state index in [0.717, 1.165) is 18.4 Å². The molecule has 1 N–H and O–H groups in total. The van der Waals surface area contributed by atoms with Crippen molar-refractivity contribution in [2.45, 2.75) is 23.3 Å². The lowest BCUT2D eigenvalue weighted by molar-refractivity contribution is 0.451. The maximum absolute atomic E-state index is 13.7. The summed E-state index contributed by atoms with van der Waals surface area (Å²) in [7, 11) is -3.75. The van der Waals surface area contributed by atoms with E-state index in [4.69, 9.17) is 0 Å². The molecule has 0 heterocycles. The minimum absolute atomic E-state index is 0.121.